The number of nitrogens with one attached hydrogen (secondary N) is 3. The number of imide groups is 1. The summed E-state index contributed by atoms with van der Waals surface area (Å²) in [5.74, 6) is -0.336. The van der Waals surface area contributed by atoms with Crippen molar-refractivity contribution < 1.29 is 9.59 Å². The molecule has 0 aromatic carbocycles. The molecule has 106 valence electrons. The van der Waals surface area contributed by atoms with Crippen molar-refractivity contribution in [1.29, 1.82) is 0 Å². The molecular formula is C12H21N5O2. The van der Waals surface area contributed by atoms with Crippen LogP contribution in [0.1, 0.15) is 19.4 Å². The number of aryl methyl sites for hydroxylation is 1. The van der Waals surface area contributed by atoms with Crippen molar-refractivity contribution in [3.63, 3.8) is 0 Å². The predicted octanol–water partition coefficient (Wildman–Crippen LogP) is -0.214. The van der Waals surface area contributed by atoms with Gasteiger partial charge in [-0.25, -0.2) is 4.79 Å². The molecule has 3 N–H and O–H groups in total. The molecule has 0 bridgehead atoms. The molecule has 0 saturated carbocycles. The van der Waals surface area contributed by atoms with E-state index in [1.54, 1.807) is 24.7 Å². The van der Waals surface area contributed by atoms with E-state index in [2.05, 4.69) is 21.0 Å². The molecule has 7 heteroatoms. The van der Waals surface area contributed by atoms with E-state index in [4.69, 9.17) is 0 Å². The highest BCUT2D eigenvalue weighted by molar-refractivity contribution is 5.96. The molecule has 1 atom stereocenters. The Morgan fingerprint density at radius 1 is 1.47 bits per heavy atom. The van der Waals surface area contributed by atoms with E-state index in [0.717, 1.165) is 12.0 Å². The average Bonchev–Trinajstić information content (AvgIpc) is 2.75. The third-order valence-electron chi connectivity index (χ3n) is 2.59. The summed E-state index contributed by atoms with van der Waals surface area (Å²) in [4.78, 5) is 22.8. The van der Waals surface area contributed by atoms with Crippen LogP contribution < -0.4 is 16.0 Å². The summed E-state index contributed by atoms with van der Waals surface area (Å²) < 4.78 is 1.74. The summed E-state index contributed by atoms with van der Waals surface area (Å²) in [6.45, 7) is 4.65. The summed E-state index contributed by atoms with van der Waals surface area (Å²) >= 11 is 0. The van der Waals surface area contributed by atoms with Crippen molar-refractivity contribution in [1.82, 2.24) is 25.7 Å². The second-order valence-electron chi connectivity index (χ2n) is 4.30. The fourth-order valence-corrected chi connectivity index (χ4v) is 1.55. The molecule has 0 radical (unpaired) electrons. The molecule has 7 nitrogen and oxygen atoms in total. The zero-order valence-corrected chi connectivity index (χ0v) is 11.6. The molecule has 0 spiro atoms. The van der Waals surface area contributed by atoms with Gasteiger partial charge in [-0.2, -0.15) is 5.10 Å². The van der Waals surface area contributed by atoms with Gasteiger partial charge in [-0.3, -0.25) is 14.8 Å². The van der Waals surface area contributed by atoms with E-state index in [0.29, 0.717) is 13.1 Å². The highest BCUT2D eigenvalue weighted by Crippen LogP contribution is 1.96. The van der Waals surface area contributed by atoms with E-state index in [1.165, 1.54) is 0 Å². The Morgan fingerprint density at radius 3 is 2.79 bits per heavy atom. The number of aromatic nitrogens is 2. The molecule has 1 aromatic rings. The maximum Gasteiger partial charge on any atom is 0.321 e. The molecule has 19 heavy (non-hydrogen) atoms. The van der Waals surface area contributed by atoms with E-state index in [9.17, 15) is 9.59 Å². The van der Waals surface area contributed by atoms with E-state index in [1.807, 2.05) is 13.2 Å². The maximum atomic E-state index is 11.6. The van der Waals surface area contributed by atoms with Crippen molar-refractivity contribution in [2.75, 3.05) is 13.1 Å². The van der Waals surface area contributed by atoms with Crippen LogP contribution in [0.25, 0.3) is 0 Å². The summed E-state index contributed by atoms with van der Waals surface area (Å²) in [5, 5.41) is 11.9. The zero-order valence-electron chi connectivity index (χ0n) is 11.6. The number of hydrogen-bond donors (Lipinski definition) is 3. The Balaban J connectivity index is 2.24. The van der Waals surface area contributed by atoms with Gasteiger partial charge in [0.1, 0.15) is 0 Å². The third kappa shape index (κ3) is 5.52. The van der Waals surface area contributed by atoms with Crippen LogP contribution in [0.5, 0.6) is 0 Å². The molecule has 0 aliphatic rings. The lowest BCUT2D eigenvalue weighted by atomic mass is 10.2. The first-order valence-electron chi connectivity index (χ1n) is 6.32. The Hall–Kier alpha value is -1.89. The van der Waals surface area contributed by atoms with E-state index in [-0.39, 0.29) is 5.91 Å². The second kappa shape index (κ2) is 7.52. The second-order valence-corrected chi connectivity index (χ2v) is 4.30. The standard InChI is InChI=1S/C12H21N5O2/c1-4-13-12(19)16-11(18)9(2)14-6-5-10-7-15-17(3)8-10/h7-9,14H,4-6H2,1-3H3,(H2,13,16,18,19). The van der Waals surface area contributed by atoms with Crippen molar-refractivity contribution in [2.24, 2.45) is 7.05 Å². The monoisotopic (exact) mass is 267 g/mol. The van der Waals surface area contributed by atoms with Crippen molar-refractivity contribution in [3.8, 4) is 0 Å². The predicted molar refractivity (Wildman–Crippen MR) is 71.6 cm³/mol. The number of amides is 3. The van der Waals surface area contributed by atoms with E-state index >= 15 is 0 Å². The first-order valence-corrected chi connectivity index (χ1v) is 6.32. The lowest BCUT2D eigenvalue weighted by Gasteiger charge is -2.13. The molecule has 0 aliphatic heterocycles. The fourth-order valence-electron chi connectivity index (χ4n) is 1.55. The fraction of sp³-hybridized carbons (Fsp3) is 0.583. The lowest BCUT2D eigenvalue weighted by molar-refractivity contribution is -0.121. The highest BCUT2D eigenvalue weighted by Gasteiger charge is 2.14. The van der Waals surface area contributed by atoms with Gasteiger partial charge in [-0.1, -0.05) is 0 Å². The van der Waals surface area contributed by atoms with Gasteiger partial charge in [-0.15, -0.1) is 0 Å². The normalized spacial score (nSPS) is 11.9. The number of urea groups is 1. The van der Waals surface area contributed by atoms with Gasteiger partial charge < -0.3 is 10.6 Å². The largest absolute Gasteiger partial charge is 0.338 e. The first kappa shape index (κ1) is 15.2. The summed E-state index contributed by atoms with van der Waals surface area (Å²) in [6.07, 6.45) is 4.51. The Bertz CT molecular complexity index is 430. The molecule has 3 amide bonds. The molecule has 0 saturated heterocycles. The number of carbonyl (C=O) groups excluding carboxylic acids is 2. The minimum atomic E-state index is -0.464. The van der Waals surface area contributed by atoms with Gasteiger partial charge in [0.2, 0.25) is 5.91 Å². The van der Waals surface area contributed by atoms with Gasteiger partial charge in [0.25, 0.3) is 0 Å². The molecule has 1 rings (SSSR count). The SMILES string of the molecule is CCNC(=O)NC(=O)C(C)NCCc1cnn(C)c1. The first-order chi connectivity index (χ1) is 9.02. The molecular weight excluding hydrogens is 246 g/mol. The van der Waals surface area contributed by atoms with Gasteiger partial charge >= 0.3 is 6.03 Å². The molecule has 1 aromatic heterocycles. The number of rotatable bonds is 6. The van der Waals surface area contributed by atoms with Crippen LogP contribution >= 0.6 is 0 Å². The van der Waals surface area contributed by atoms with Gasteiger partial charge in [0.15, 0.2) is 0 Å². The van der Waals surface area contributed by atoms with Gasteiger partial charge in [0.05, 0.1) is 12.2 Å². The molecule has 0 fully saturated rings. The van der Waals surface area contributed by atoms with E-state index < -0.39 is 12.1 Å². The molecule has 1 heterocycles. The minimum Gasteiger partial charge on any atom is -0.338 e. The quantitative estimate of drug-likeness (QED) is 0.665. The topological polar surface area (TPSA) is 88.1 Å². The third-order valence-corrected chi connectivity index (χ3v) is 2.59. The molecule has 0 aliphatic carbocycles. The van der Waals surface area contributed by atoms with Gasteiger partial charge in [-0.05, 0) is 25.8 Å². The Kier molecular flexibility index (Phi) is 6.01. The maximum absolute atomic E-state index is 11.6. The Labute approximate surface area is 112 Å². The Morgan fingerprint density at radius 2 is 2.21 bits per heavy atom. The highest BCUT2D eigenvalue weighted by atomic mass is 16.2. The van der Waals surface area contributed by atoms with Crippen LogP contribution in [0.3, 0.4) is 0 Å². The smallest absolute Gasteiger partial charge is 0.321 e. The summed E-state index contributed by atoms with van der Waals surface area (Å²) in [6, 6.07) is -0.882. The van der Waals surface area contributed by atoms with Crippen LogP contribution in [0.2, 0.25) is 0 Å². The van der Waals surface area contributed by atoms with Crippen molar-refractivity contribution >= 4 is 11.9 Å². The molecule has 1 unspecified atom stereocenters. The summed E-state index contributed by atoms with van der Waals surface area (Å²) in [5.41, 5.74) is 1.10. The number of hydrogen-bond acceptors (Lipinski definition) is 4. The van der Waals surface area contributed by atoms with Crippen LogP contribution in [-0.2, 0) is 18.3 Å². The van der Waals surface area contributed by atoms with Crippen LogP contribution in [-0.4, -0.2) is 40.9 Å². The number of carbonyl (C=O) groups is 2. The lowest BCUT2D eigenvalue weighted by Crippen LogP contribution is -2.48. The zero-order chi connectivity index (χ0) is 14.3. The van der Waals surface area contributed by atoms with Crippen LogP contribution in [0, 0.1) is 0 Å². The van der Waals surface area contributed by atoms with Crippen molar-refractivity contribution in [2.45, 2.75) is 26.3 Å². The average molecular weight is 267 g/mol. The number of nitrogens with zero attached hydrogens (tertiary/aromatic N) is 2. The minimum absolute atomic E-state index is 0.336. The van der Waals surface area contributed by atoms with Crippen LogP contribution in [0.15, 0.2) is 12.4 Å². The van der Waals surface area contributed by atoms with Crippen molar-refractivity contribution in [3.05, 3.63) is 18.0 Å². The van der Waals surface area contributed by atoms with Gasteiger partial charge in [0, 0.05) is 26.3 Å². The van der Waals surface area contributed by atoms with Crippen LogP contribution in [0.4, 0.5) is 4.79 Å². The summed E-state index contributed by atoms with van der Waals surface area (Å²) in [7, 11) is 1.86.